The molecule has 2 aliphatic heterocycles. The number of rotatable bonds is 8. The molecule has 2 aliphatic rings. The first kappa shape index (κ1) is 25.2. The molecule has 196 valence electrons. The lowest BCUT2D eigenvalue weighted by atomic mass is 9.94. The molecule has 1 unspecified atom stereocenters. The number of benzene rings is 3. The van der Waals surface area contributed by atoms with Crippen molar-refractivity contribution in [2.24, 2.45) is 0 Å². The zero-order valence-corrected chi connectivity index (χ0v) is 21.3. The number of ether oxygens (including phenoxy) is 4. The van der Waals surface area contributed by atoms with Crippen molar-refractivity contribution in [2.75, 3.05) is 26.4 Å². The van der Waals surface area contributed by atoms with E-state index in [2.05, 4.69) is 0 Å². The van der Waals surface area contributed by atoms with E-state index in [0.717, 1.165) is 5.56 Å². The molecule has 0 aliphatic carbocycles. The van der Waals surface area contributed by atoms with Crippen LogP contribution in [-0.4, -0.2) is 48.1 Å². The van der Waals surface area contributed by atoms with E-state index in [4.69, 9.17) is 18.9 Å². The molecule has 0 radical (unpaired) electrons. The molecule has 3 aromatic rings. The Morgan fingerprint density at radius 3 is 2.34 bits per heavy atom. The molecule has 1 amide bonds. The third-order valence-corrected chi connectivity index (χ3v) is 6.43. The summed E-state index contributed by atoms with van der Waals surface area (Å²) in [6.45, 7) is 5.61. The number of fused-ring (bicyclic) bond motifs is 1. The number of carbonyl (C=O) groups is 2. The van der Waals surface area contributed by atoms with Crippen molar-refractivity contribution >= 4 is 17.4 Å². The van der Waals surface area contributed by atoms with Crippen molar-refractivity contribution < 1.29 is 33.6 Å². The normalized spacial score (nSPS) is 17.9. The second-order valence-corrected chi connectivity index (χ2v) is 8.84. The van der Waals surface area contributed by atoms with Crippen LogP contribution in [0.15, 0.2) is 72.3 Å². The number of amides is 1. The van der Waals surface area contributed by atoms with Gasteiger partial charge in [-0.2, -0.15) is 0 Å². The van der Waals surface area contributed by atoms with Gasteiger partial charge in [-0.15, -0.1) is 0 Å². The lowest BCUT2D eigenvalue weighted by Gasteiger charge is -2.26. The van der Waals surface area contributed by atoms with Crippen LogP contribution in [-0.2, 0) is 16.1 Å². The van der Waals surface area contributed by atoms with Gasteiger partial charge in [0.2, 0.25) is 0 Å². The monoisotopic (exact) mass is 515 g/mol. The Balaban J connectivity index is 1.65. The number of ketones is 1. The molecular weight excluding hydrogens is 486 g/mol. The Morgan fingerprint density at radius 1 is 0.895 bits per heavy atom. The number of hydrogen-bond acceptors (Lipinski definition) is 7. The molecular formula is C30H29NO7. The van der Waals surface area contributed by atoms with Gasteiger partial charge in [0.25, 0.3) is 11.7 Å². The first-order valence-electron chi connectivity index (χ1n) is 12.6. The molecule has 8 nitrogen and oxygen atoms in total. The molecule has 0 saturated carbocycles. The zero-order valence-electron chi connectivity index (χ0n) is 21.3. The Bertz CT molecular complexity index is 1380. The van der Waals surface area contributed by atoms with Crippen LogP contribution in [0.25, 0.3) is 5.76 Å². The zero-order chi connectivity index (χ0) is 26.6. The van der Waals surface area contributed by atoms with Crippen LogP contribution >= 0.6 is 0 Å². The third-order valence-electron chi connectivity index (χ3n) is 6.43. The highest BCUT2D eigenvalue weighted by molar-refractivity contribution is 6.46. The molecule has 0 aromatic heterocycles. The van der Waals surface area contributed by atoms with Crippen LogP contribution in [0.2, 0.25) is 0 Å². The van der Waals surface area contributed by atoms with Gasteiger partial charge in [0, 0.05) is 12.1 Å². The molecule has 3 aromatic carbocycles. The fourth-order valence-corrected chi connectivity index (χ4v) is 4.75. The van der Waals surface area contributed by atoms with Gasteiger partial charge in [-0.1, -0.05) is 36.4 Å². The van der Waals surface area contributed by atoms with E-state index < -0.39 is 17.7 Å². The number of likely N-dealkylation sites (tertiary alicyclic amines) is 1. The lowest BCUT2D eigenvalue weighted by Crippen LogP contribution is -2.29. The first-order chi connectivity index (χ1) is 18.5. The summed E-state index contributed by atoms with van der Waals surface area (Å²) < 4.78 is 22.8. The maximum atomic E-state index is 13.5. The van der Waals surface area contributed by atoms with Crippen molar-refractivity contribution in [3.63, 3.8) is 0 Å². The summed E-state index contributed by atoms with van der Waals surface area (Å²) in [6, 6.07) is 18.8. The molecule has 1 saturated heterocycles. The van der Waals surface area contributed by atoms with Crippen molar-refractivity contribution in [1.29, 1.82) is 0 Å². The van der Waals surface area contributed by atoms with Gasteiger partial charge < -0.3 is 29.0 Å². The maximum Gasteiger partial charge on any atom is 0.295 e. The van der Waals surface area contributed by atoms with Gasteiger partial charge in [0.15, 0.2) is 23.0 Å². The Morgan fingerprint density at radius 2 is 1.61 bits per heavy atom. The quantitative estimate of drug-likeness (QED) is 0.260. The number of hydrogen-bond donors (Lipinski definition) is 1. The summed E-state index contributed by atoms with van der Waals surface area (Å²) in [5.74, 6) is 0.348. The van der Waals surface area contributed by atoms with Crippen LogP contribution in [0, 0.1) is 0 Å². The standard InChI is InChI=1S/C30H29NO7/c1-3-35-22-12-10-20(16-24(22)36-4-2)27-26(28(32)21-11-13-23-25(17-21)38-15-14-37-23)29(33)30(34)31(27)18-19-8-6-5-7-9-19/h5-13,16-17,27,32H,3-4,14-15,18H2,1-2H3. The summed E-state index contributed by atoms with van der Waals surface area (Å²) in [6.07, 6.45) is 0. The predicted octanol–water partition coefficient (Wildman–Crippen LogP) is 4.88. The summed E-state index contributed by atoms with van der Waals surface area (Å²) in [7, 11) is 0. The van der Waals surface area contributed by atoms with Crippen molar-refractivity contribution in [3.8, 4) is 23.0 Å². The smallest absolute Gasteiger partial charge is 0.295 e. The third kappa shape index (κ3) is 4.77. The van der Waals surface area contributed by atoms with Crippen LogP contribution in [0.1, 0.15) is 36.6 Å². The highest BCUT2D eigenvalue weighted by atomic mass is 16.6. The van der Waals surface area contributed by atoms with Crippen LogP contribution < -0.4 is 18.9 Å². The minimum Gasteiger partial charge on any atom is -0.507 e. The van der Waals surface area contributed by atoms with E-state index in [1.54, 1.807) is 36.4 Å². The lowest BCUT2D eigenvalue weighted by molar-refractivity contribution is -0.140. The van der Waals surface area contributed by atoms with E-state index in [-0.39, 0.29) is 17.9 Å². The van der Waals surface area contributed by atoms with Crippen LogP contribution in [0.3, 0.4) is 0 Å². The summed E-state index contributed by atoms with van der Waals surface area (Å²) in [5, 5.41) is 11.5. The number of aliphatic hydroxyl groups is 1. The number of carbonyl (C=O) groups excluding carboxylic acids is 2. The minimum absolute atomic E-state index is 0.00535. The molecule has 38 heavy (non-hydrogen) atoms. The second kappa shape index (κ2) is 10.9. The molecule has 0 spiro atoms. The largest absolute Gasteiger partial charge is 0.507 e. The maximum absolute atomic E-state index is 13.5. The summed E-state index contributed by atoms with van der Waals surface area (Å²) in [5.41, 5.74) is 1.82. The van der Waals surface area contributed by atoms with Crippen molar-refractivity contribution in [1.82, 2.24) is 4.90 Å². The molecule has 2 heterocycles. The van der Waals surface area contributed by atoms with E-state index in [0.29, 0.717) is 60.6 Å². The van der Waals surface area contributed by atoms with Gasteiger partial charge in [-0.05, 0) is 55.3 Å². The SMILES string of the molecule is CCOc1ccc(C2C(=C(O)c3ccc4c(c3)OCCO4)C(=O)C(=O)N2Cc2ccccc2)cc1OCC. The van der Waals surface area contributed by atoms with Crippen LogP contribution in [0.5, 0.6) is 23.0 Å². The Hall–Kier alpha value is -4.46. The number of aliphatic hydroxyl groups excluding tert-OH is 1. The molecule has 1 atom stereocenters. The molecule has 0 bridgehead atoms. The van der Waals surface area contributed by atoms with E-state index in [9.17, 15) is 14.7 Å². The average Bonchev–Trinajstić information content (AvgIpc) is 3.19. The van der Waals surface area contributed by atoms with Gasteiger partial charge in [0.05, 0.1) is 24.8 Å². The van der Waals surface area contributed by atoms with E-state index in [1.165, 1.54) is 4.90 Å². The van der Waals surface area contributed by atoms with Gasteiger partial charge in [-0.25, -0.2) is 0 Å². The number of Topliss-reactive ketones (excluding diaryl/α,β-unsaturated/α-hetero) is 1. The molecule has 1 fully saturated rings. The fraction of sp³-hybridized carbons (Fsp3) is 0.267. The molecule has 8 heteroatoms. The van der Waals surface area contributed by atoms with Gasteiger partial charge >= 0.3 is 0 Å². The fourth-order valence-electron chi connectivity index (χ4n) is 4.75. The number of nitrogens with zero attached hydrogens (tertiary/aromatic N) is 1. The second-order valence-electron chi connectivity index (χ2n) is 8.84. The average molecular weight is 516 g/mol. The van der Waals surface area contributed by atoms with Crippen LogP contribution in [0.4, 0.5) is 0 Å². The topological polar surface area (TPSA) is 94.5 Å². The Labute approximate surface area is 221 Å². The summed E-state index contributed by atoms with van der Waals surface area (Å²) >= 11 is 0. The minimum atomic E-state index is -0.849. The van der Waals surface area contributed by atoms with Gasteiger partial charge in [-0.3, -0.25) is 9.59 Å². The van der Waals surface area contributed by atoms with Crippen molar-refractivity contribution in [2.45, 2.75) is 26.4 Å². The highest BCUT2D eigenvalue weighted by Crippen LogP contribution is 2.43. The molecule has 1 N–H and O–H groups in total. The van der Waals surface area contributed by atoms with E-state index >= 15 is 0 Å². The highest BCUT2D eigenvalue weighted by Gasteiger charge is 2.46. The Kier molecular flexibility index (Phi) is 7.22. The first-order valence-corrected chi connectivity index (χ1v) is 12.6. The predicted molar refractivity (Wildman–Crippen MR) is 141 cm³/mol. The van der Waals surface area contributed by atoms with E-state index in [1.807, 2.05) is 44.2 Å². The summed E-state index contributed by atoms with van der Waals surface area (Å²) in [4.78, 5) is 28.3. The van der Waals surface area contributed by atoms with Gasteiger partial charge in [0.1, 0.15) is 19.0 Å². The van der Waals surface area contributed by atoms with Crippen molar-refractivity contribution in [3.05, 3.63) is 89.0 Å². The molecule has 5 rings (SSSR count).